The fourth-order valence-corrected chi connectivity index (χ4v) is 5.54. The van der Waals surface area contributed by atoms with Crippen LogP contribution in [0.15, 0.2) is 108 Å². The molecule has 0 aliphatic heterocycles. The standard InChI is InChI=1S/C32H32N2O4S/c1-2-27-24-31(33-34(27)21-11-4-12-22-37-28-15-5-3-6-16-28)30-17-9-10-18-32(30)38-39(35,36)29-20-19-25-13-7-8-14-26(25)23-29/h3,5-10,13-20,23-24H,2,4,11-12,21-22H2,1H3. The van der Waals surface area contributed by atoms with Crippen molar-refractivity contribution in [2.45, 2.75) is 44.0 Å². The summed E-state index contributed by atoms with van der Waals surface area (Å²) in [4.78, 5) is 0.118. The molecule has 1 heterocycles. The Morgan fingerprint density at radius 1 is 0.769 bits per heavy atom. The zero-order valence-corrected chi connectivity index (χ0v) is 22.8. The number of unbranched alkanes of at least 4 members (excludes halogenated alkanes) is 2. The maximum Gasteiger partial charge on any atom is 0.339 e. The SMILES string of the molecule is CCc1cc(-c2ccccc2OS(=O)(=O)c2ccc3ccccc3c2)nn1CCCCCOc1ccccc1. The second-order valence-corrected chi connectivity index (χ2v) is 10.9. The Kier molecular flexibility index (Phi) is 8.27. The molecule has 0 amide bonds. The van der Waals surface area contributed by atoms with Crippen molar-refractivity contribution in [2.24, 2.45) is 0 Å². The number of rotatable bonds is 12. The Balaban J connectivity index is 1.27. The van der Waals surface area contributed by atoms with Gasteiger partial charge in [-0.3, -0.25) is 4.68 Å². The number of fused-ring (bicyclic) bond motifs is 1. The van der Waals surface area contributed by atoms with Gasteiger partial charge in [0, 0.05) is 17.8 Å². The molecule has 1 aromatic heterocycles. The van der Waals surface area contributed by atoms with E-state index in [4.69, 9.17) is 14.0 Å². The van der Waals surface area contributed by atoms with Crippen LogP contribution in [0.25, 0.3) is 22.0 Å². The monoisotopic (exact) mass is 540 g/mol. The van der Waals surface area contributed by atoms with Gasteiger partial charge in [0.2, 0.25) is 0 Å². The molecule has 0 aliphatic rings. The molecule has 4 aromatic carbocycles. The lowest BCUT2D eigenvalue weighted by Crippen LogP contribution is -2.10. The van der Waals surface area contributed by atoms with E-state index in [9.17, 15) is 8.42 Å². The normalized spacial score (nSPS) is 11.5. The first-order chi connectivity index (χ1) is 19.0. The Hall–Kier alpha value is -4.10. The summed E-state index contributed by atoms with van der Waals surface area (Å²) in [5.41, 5.74) is 2.44. The minimum absolute atomic E-state index is 0.118. The van der Waals surface area contributed by atoms with Crippen molar-refractivity contribution in [2.75, 3.05) is 6.61 Å². The summed E-state index contributed by atoms with van der Waals surface area (Å²) in [6, 6.07) is 31.7. The largest absolute Gasteiger partial charge is 0.494 e. The quantitative estimate of drug-likeness (QED) is 0.123. The fourth-order valence-electron chi connectivity index (χ4n) is 4.55. The molecule has 0 spiro atoms. The summed E-state index contributed by atoms with van der Waals surface area (Å²) in [5, 5.41) is 6.64. The number of hydrogen-bond donors (Lipinski definition) is 0. The van der Waals surface area contributed by atoms with E-state index in [1.54, 1.807) is 30.3 Å². The summed E-state index contributed by atoms with van der Waals surface area (Å²) >= 11 is 0. The second-order valence-electron chi connectivity index (χ2n) is 9.36. The summed E-state index contributed by atoms with van der Waals surface area (Å²) < 4.78 is 39.9. The molecule has 0 saturated heterocycles. The number of nitrogens with zero attached hydrogens (tertiary/aromatic N) is 2. The fraction of sp³-hybridized carbons (Fsp3) is 0.219. The molecule has 0 unspecified atom stereocenters. The van der Waals surface area contributed by atoms with E-state index in [2.05, 4.69) is 6.92 Å². The lowest BCUT2D eigenvalue weighted by Gasteiger charge is -2.11. The van der Waals surface area contributed by atoms with Gasteiger partial charge in [-0.1, -0.05) is 67.6 Å². The Labute approximate surface area is 230 Å². The molecule has 200 valence electrons. The molecule has 39 heavy (non-hydrogen) atoms. The zero-order chi connectivity index (χ0) is 27.1. The molecule has 0 radical (unpaired) electrons. The molecule has 0 bridgehead atoms. The van der Waals surface area contributed by atoms with E-state index in [0.717, 1.165) is 54.4 Å². The molecule has 0 saturated carbocycles. The van der Waals surface area contributed by atoms with Gasteiger partial charge in [-0.05, 0) is 78.9 Å². The van der Waals surface area contributed by atoms with E-state index in [0.29, 0.717) is 17.9 Å². The first-order valence-corrected chi connectivity index (χ1v) is 14.7. The van der Waals surface area contributed by atoms with E-state index in [-0.39, 0.29) is 10.6 Å². The molecular formula is C32H32N2O4S. The van der Waals surface area contributed by atoms with Crippen LogP contribution >= 0.6 is 0 Å². The summed E-state index contributed by atoms with van der Waals surface area (Å²) in [6.07, 6.45) is 3.78. The number of aromatic nitrogens is 2. The van der Waals surface area contributed by atoms with E-state index >= 15 is 0 Å². The van der Waals surface area contributed by atoms with Crippen molar-refractivity contribution in [3.8, 4) is 22.8 Å². The first-order valence-electron chi connectivity index (χ1n) is 13.3. The van der Waals surface area contributed by atoms with Crippen LogP contribution in [0.2, 0.25) is 0 Å². The highest BCUT2D eigenvalue weighted by atomic mass is 32.2. The lowest BCUT2D eigenvalue weighted by molar-refractivity contribution is 0.303. The third kappa shape index (κ3) is 6.49. The van der Waals surface area contributed by atoms with Crippen LogP contribution in [-0.4, -0.2) is 24.8 Å². The van der Waals surface area contributed by atoms with Gasteiger partial charge in [-0.25, -0.2) is 0 Å². The van der Waals surface area contributed by atoms with E-state index in [1.807, 2.05) is 77.5 Å². The number of aryl methyl sites for hydroxylation is 2. The molecule has 5 aromatic rings. The van der Waals surface area contributed by atoms with Gasteiger partial charge < -0.3 is 8.92 Å². The van der Waals surface area contributed by atoms with Crippen LogP contribution in [0, 0.1) is 0 Å². The maximum atomic E-state index is 13.2. The lowest BCUT2D eigenvalue weighted by atomic mass is 10.1. The minimum atomic E-state index is -4.03. The number of para-hydroxylation sites is 2. The van der Waals surface area contributed by atoms with Crippen molar-refractivity contribution >= 4 is 20.9 Å². The highest BCUT2D eigenvalue weighted by Crippen LogP contribution is 2.32. The van der Waals surface area contributed by atoms with Crippen LogP contribution in [-0.2, 0) is 23.1 Å². The van der Waals surface area contributed by atoms with Gasteiger partial charge >= 0.3 is 10.1 Å². The topological polar surface area (TPSA) is 70.4 Å². The minimum Gasteiger partial charge on any atom is -0.494 e. The predicted molar refractivity (Wildman–Crippen MR) is 155 cm³/mol. The van der Waals surface area contributed by atoms with Crippen LogP contribution in [0.5, 0.6) is 11.5 Å². The van der Waals surface area contributed by atoms with Crippen LogP contribution in [0.4, 0.5) is 0 Å². The molecule has 0 aliphatic carbocycles. The average Bonchev–Trinajstić information content (AvgIpc) is 3.38. The molecule has 0 fully saturated rings. The van der Waals surface area contributed by atoms with Crippen molar-refractivity contribution < 1.29 is 17.3 Å². The van der Waals surface area contributed by atoms with Gasteiger partial charge in [0.15, 0.2) is 5.75 Å². The molecule has 0 atom stereocenters. The molecule has 5 rings (SSSR count). The van der Waals surface area contributed by atoms with Gasteiger partial charge in [-0.15, -0.1) is 0 Å². The van der Waals surface area contributed by atoms with Crippen LogP contribution in [0.1, 0.15) is 31.9 Å². The molecule has 0 N–H and O–H groups in total. The zero-order valence-electron chi connectivity index (χ0n) is 22.0. The van der Waals surface area contributed by atoms with Crippen molar-refractivity contribution in [3.05, 3.63) is 109 Å². The smallest absolute Gasteiger partial charge is 0.339 e. The number of ether oxygens (including phenoxy) is 1. The number of benzene rings is 4. The Morgan fingerprint density at radius 3 is 2.33 bits per heavy atom. The number of hydrogen-bond acceptors (Lipinski definition) is 5. The van der Waals surface area contributed by atoms with Gasteiger partial charge in [0.25, 0.3) is 0 Å². The Morgan fingerprint density at radius 2 is 1.51 bits per heavy atom. The van der Waals surface area contributed by atoms with Crippen molar-refractivity contribution in [1.29, 1.82) is 0 Å². The Bertz CT molecular complexity index is 1650. The third-order valence-electron chi connectivity index (χ3n) is 6.62. The van der Waals surface area contributed by atoms with Crippen molar-refractivity contribution in [1.82, 2.24) is 9.78 Å². The predicted octanol–water partition coefficient (Wildman–Crippen LogP) is 7.28. The van der Waals surface area contributed by atoms with Crippen LogP contribution in [0.3, 0.4) is 0 Å². The summed E-state index contributed by atoms with van der Waals surface area (Å²) in [6.45, 7) is 3.57. The highest BCUT2D eigenvalue weighted by molar-refractivity contribution is 7.87. The third-order valence-corrected chi connectivity index (χ3v) is 7.85. The van der Waals surface area contributed by atoms with E-state index < -0.39 is 10.1 Å². The first kappa shape index (κ1) is 26.5. The van der Waals surface area contributed by atoms with Gasteiger partial charge in [0.05, 0.1) is 12.3 Å². The van der Waals surface area contributed by atoms with E-state index in [1.165, 1.54) is 0 Å². The summed E-state index contributed by atoms with van der Waals surface area (Å²) in [5.74, 6) is 1.15. The van der Waals surface area contributed by atoms with Crippen LogP contribution < -0.4 is 8.92 Å². The van der Waals surface area contributed by atoms with Crippen molar-refractivity contribution in [3.63, 3.8) is 0 Å². The highest BCUT2D eigenvalue weighted by Gasteiger charge is 2.21. The molecular weight excluding hydrogens is 508 g/mol. The molecule has 6 nitrogen and oxygen atoms in total. The maximum absolute atomic E-state index is 13.2. The summed E-state index contributed by atoms with van der Waals surface area (Å²) in [7, 11) is -4.03. The van der Waals surface area contributed by atoms with Gasteiger partial charge in [0.1, 0.15) is 10.6 Å². The molecule has 7 heteroatoms. The van der Waals surface area contributed by atoms with Gasteiger partial charge in [-0.2, -0.15) is 13.5 Å². The second kappa shape index (κ2) is 12.2. The average molecular weight is 541 g/mol.